The van der Waals surface area contributed by atoms with E-state index in [2.05, 4.69) is 5.32 Å². The maximum absolute atomic E-state index is 11.1. The van der Waals surface area contributed by atoms with Gasteiger partial charge in [-0.25, -0.2) is 0 Å². The molecule has 1 aromatic carbocycles. The van der Waals surface area contributed by atoms with Gasteiger partial charge in [-0.1, -0.05) is 6.07 Å². The second kappa shape index (κ2) is 10.3. The lowest BCUT2D eigenvalue weighted by atomic mass is 10.0. The molecule has 0 aliphatic heterocycles. The van der Waals surface area contributed by atoms with Crippen molar-refractivity contribution >= 4 is 5.91 Å². The highest BCUT2D eigenvalue weighted by Crippen LogP contribution is 2.10. The number of nitrogens with two attached hydrogens (primary N) is 1. The van der Waals surface area contributed by atoms with E-state index < -0.39 is 0 Å². The molecule has 0 atom stereocenters. The zero-order chi connectivity index (χ0) is 15.5. The molecule has 0 unspecified atom stereocenters. The van der Waals surface area contributed by atoms with Crippen LogP contribution < -0.4 is 11.1 Å². The third-order valence-electron chi connectivity index (χ3n) is 3.27. The van der Waals surface area contributed by atoms with Crippen LogP contribution in [-0.2, 0) is 16.0 Å². The number of benzene rings is 1. The number of unbranched alkanes of at least 4 members (excludes halogenated alkanes) is 1. The molecule has 118 valence electrons. The Kier molecular flexibility index (Phi) is 8.66. The number of aryl methyl sites for hydroxylation is 1. The Morgan fingerprint density at radius 2 is 2.05 bits per heavy atom. The zero-order valence-corrected chi connectivity index (χ0v) is 13.0. The molecule has 0 saturated heterocycles. The molecule has 5 nitrogen and oxygen atoms in total. The maximum atomic E-state index is 11.1. The van der Waals surface area contributed by atoms with Gasteiger partial charge in [-0.15, -0.1) is 0 Å². The van der Waals surface area contributed by atoms with Gasteiger partial charge in [-0.2, -0.15) is 0 Å². The second-order valence-corrected chi connectivity index (χ2v) is 4.99. The van der Waals surface area contributed by atoms with Gasteiger partial charge in [0.05, 0.1) is 13.2 Å². The van der Waals surface area contributed by atoms with Crippen LogP contribution in [0.1, 0.15) is 34.3 Å². The summed E-state index contributed by atoms with van der Waals surface area (Å²) in [5.74, 6) is -0.383. The quantitative estimate of drug-likeness (QED) is 0.608. The summed E-state index contributed by atoms with van der Waals surface area (Å²) in [4.78, 5) is 11.1. The largest absolute Gasteiger partial charge is 0.382 e. The van der Waals surface area contributed by atoms with Crippen molar-refractivity contribution in [1.82, 2.24) is 5.32 Å². The van der Waals surface area contributed by atoms with Crippen LogP contribution in [0.4, 0.5) is 0 Å². The van der Waals surface area contributed by atoms with Gasteiger partial charge >= 0.3 is 0 Å². The van der Waals surface area contributed by atoms with Gasteiger partial charge in [0.25, 0.3) is 0 Å². The Morgan fingerprint density at radius 3 is 2.71 bits per heavy atom. The molecule has 5 heteroatoms. The molecule has 0 spiro atoms. The van der Waals surface area contributed by atoms with Gasteiger partial charge in [-0.3, -0.25) is 4.79 Å². The summed E-state index contributed by atoms with van der Waals surface area (Å²) in [7, 11) is 1.67. The average molecular weight is 294 g/mol. The summed E-state index contributed by atoms with van der Waals surface area (Å²) < 4.78 is 10.3. The summed E-state index contributed by atoms with van der Waals surface area (Å²) in [5.41, 5.74) is 8.09. The maximum Gasteiger partial charge on any atom is 0.248 e. The van der Waals surface area contributed by atoms with Crippen molar-refractivity contribution in [3.63, 3.8) is 0 Å². The van der Waals surface area contributed by atoms with Gasteiger partial charge in [-0.05, 0) is 49.6 Å². The predicted molar refractivity (Wildman–Crippen MR) is 83.3 cm³/mol. The fourth-order valence-electron chi connectivity index (χ4n) is 1.97. The van der Waals surface area contributed by atoms with Crippen molar-refractivity contribution < 1.29 is 14.3 Å². The normalized spacial score (nSPS) is 10.8. The number of amides is 1. The summed E-state index contributed by atoms with van der Waals surface area (Å²) in [6.07, 6.45) is 2.11. The van der Waals surface area contributed by atoms with Crippen molar-refractivity contribution in [2.75, 3.05) is 33.5 Å². The van der Waals surface area contributed by atoms with Crippen LogP contribution in [0.25, 0.3) is 0 Å². The molecule has 21 heavy (non-hydrogen) atoms. The van der Waals surface area contributed by atoms with Crippen molar-refractivity contribution in [2.45, 2.75) is 26.3 Å². The van der Waals surface area contributed by atoms with Crippen molar-refractivity contribution in [3.8, 4) is 0 Å². The third-order valence-corrected chi connectivity index (χ3v) is 3.27. The van der Waals surface area contributed by atoms with Crippen LogP contribution in [0.2, 0.25) is 0 Å². The summed E-state index contributed by atoms with van der Waals surface area (Å²) in [6, 6.07) is 5.56. The summed E-state index contributed by atoms with van der Waals surface area (Å²) in [6.45, 7) is 5.83. The molecule has 1 aromatic rings. The van der Waals surface area contributed by atoms with Crippen LogP contribution in [0.5, 0.6) is 0 Å². The lowest BCUT2D eigenvalue weighted by Gasteiger charge is -2.09. The minimum absolute atomic E-state index is 0.383. The SMILES string of the molecule is COCCOCCCCNCc1ccc(C(N)=O)cc1C. The smallest absolute Gasteiger partial charge is 0.248 e. The molecule has 0 aliphatic carbocycles. The first kappa shape index (κ1) is 17.6. The number of ether oxygens (including phenoxy) is 2. The number of carbonyl (C=O) groups is 1. The lowest BCUT2D eigenvalue weighted by Crippen LogP contribution is -2.17. The van der Waals surface area contributed by atoms with Gasteiger partial charge in [0.1, 0.15) is 0 Å². The average Bonchev–Trinajstić information content (AvgIpc) is 2.46. The van der Waals surface area contributed by atoms with Crippen LogP contribution in [0, 0.1) is 6.92 Å². The first-order valence-corrected chi connectivity index (χ1v) is 7.32. The van der Waals surface area contributed by atoms with Crippen LogP contribution >= 0.6 is 0 Å². The first-order valence-electron chi connectivity index (χ1n) is 7.32. The molecule has 0 saturated carbocycles. The first-order chi connectivity index (χ1) is 10.1. The van der Waals surface area contributed by atoms with E-state index in [-0.39, 0.29) is 5.91 Å². The minimum Gasteiger partial charge on any atom is -0.382 e. The van der Waals surface area contributed by atoms with E-state index in [1.165, 1.54) is 5.56 Å². The highest BCUT2D eigenvalue weighted by Gasteiger charge is 2.03. The number of primary amides is 1. The van der Waals surface area contributed by atoms with Crippen molar-refractivity contribution in [2.24, 2.45) is 5.73 Å². The Labute approximate surface area is 126 Å². The Hall–Kier alpha value is -1.43. The summed E-state index contributed by atoms with van der Waals surface area (Å²) >= 11 is 0. The van der Waals surface area contributed by atoms with Gasteiger partial charge in [0.2, 0.25) is 5.91 Å². The Balaban J connectivity index is 2.14. The number of nitrogens with one attached hydrogen (secondary N) is 1. The molecular weight excluding hydrogens is 268 g/mol. The number of methoxy groups -OCH3 is 1. The van der Waals surface area contributed by atoms with E-state index in [0.717, 1.165) is 38.1 Å². The molecule has 0 aliphatic rings. The Bertz CT molecular complexity index is 436. The topological polar surface area (TPSA) is 73.6 Å². The van der Waals surface area contributed by atoms with E-state index in [1.54, 1.807) is 13.2 Å². The number of hydrogen-bond acceptors (Lipinski definition) is 4. The zero-order valence-electron chi connectivity index (χ0n) is 13.0. The molecule has 0 heterocycles. The monoisotopic (exact) mass is 294 g/mol. The van der Waals surface area contributed by atoms with E-state index >= 15 is 0 Å². The molecule has 1 rings (SSSR count). The number of hydrogen-bond donors (Lipinski definition) is 2. The fraction of sp³-hybridized carbons (Fsp3) is 0.562. The highest BCUT2D eigenvalue weighted by atomic mass is 16.5. The minimum atomic E-state index is -0.383. The molecule has 0 aromatic heterocycles. The second-order valence-electron chi connectivity index (χ2n) is 4.99. The molecular formula is C16H26N2O3. The predicted octanol–water partition coefficient (Wildman–Crippen LogP) is 1.63. The molecule has 0 bridgehead atoms. The Morgan fingerprint density at radius 1 is 1.24 bits per heavy atom. The molecule has 1 amide bonds. The standard InChI is InChI=1S/C16H26N2O3/c1-13-11-14(16(17)19)5-6-15(13)12-18-7-3-4-8-21-10-9-20-2/h5-6,11,18H,3-4,7-10,12H2,1-2H3,(H2,17,19). The molecule has 0 radical (unpaired) electrons. The van der Waals surface area contributed by atoms with E-state index in [4.69, 9.17) is 15.2 Å². The third kappa shape index (κ3) is 7.22. The van der Waals surface area contributed by atoms with Crippen molar-refractivity contribution in [3.05, 3.63) is 34.9 Å². The number of carbonyl (C=O) groups excluding carboxylic acids is 1. The number of rotatable bonds is 11. The molecule has 0 fully saturated rings. The van der Waals surface area contributed by atoms with Gasteiger partial charge in [0, 0.05) is 25.8 Å². The summed E-state index contributed by atoms with van der Waals surface area (Å²) in [5, 5.41) is 3.40. The van der Waals surface area contributed by atoms with Gasteiger partial charge in [0.15, 0.2) is 0 Å². The van der Waals surface area contributed by atoms with Crippen LogP contribution in [0.15, 0.2) is 18.2 Å². The highest BCUT2D eigenvalue weighted by molar-refractivity contribution is 5.93. The van der Waals surface area contributed by atoms with Crippen LogP contribution in [0.3, 0.4) is 0 Å². The van der Waals surface area contributed by atoms with Crippen LogP contribution in [-0.4, -0.2) is 39.4 Å². The van der Waals surface area contributed by atoms with Gasteiger partial charge < -0.3 is 20.5 Å². The van der Waals surface area contributed by atoms with E-state index in [1.807, 2.05) is 19.1 Å². The fourth-order valence-corrected chi connectivity index (χ4v) is 1.97. The lowest BCUT2D eigenvalue weighted by molar-refractivity contribution is 0.0688. The van der Waals surface area contributed by atoms with Crippen molar-refractivity contribution in [1.29, 1.82) is 0 Å². The van der Waals surface area contributed by atoms with E-state index in [0.29, 0.717) is 18.8 Å². The van der Waals surface area contributed by atoms with E-state index in [9.17, 15) is 4.79 Å². The molecule has 3 N–H and O–H groups in total.